The number of nitrogens with zero attached hydrogens (tertiary/aromatic N) is 1. The van der Waals surface area contributed by atoms with Crippen molar-refractivity contribution in [2.75, 3.05) is 0 Å². The van der Waals surface area contributed by atoms with Crippen LogP contribution in [-0.4, -0.2) is 4.57 Å². The lowest BCUT2D eigenvalue weighted by Crippen LogP contribution is -2.34. The molecule has 2 nitrogen and oxygen atoms in total. The first kappa shape index (κ1) is 9.93. The molecule has 1 aliphatic heterocycles. The van der Waals surface area contributed by atoms with Crippen LogP contribution in [0.5, 0.6) is 0 Å². The van der Waals surface area contributed by atoms with Crippen molar-refractivity contribution in [1.82, 2.24) is 4.57 Å². The van der Waals surface area contributed by atoms with Crippen molar-refractivity contribution < 1.29 is 0 Å². The van der Waals surface area contributed by atoms with E-state index in [1.807, 2.05) is 19.9 Å². The molecule has 14 heavy (non-hydrogen) atoms. The van der Waals surface area contributed by atoms with E-state index in [1.165, 1.54) is 0 Å². The van der Waals surface area contributed by atoms with Crippen LogP contribution in [0.15, 0.2) is 27.9 Å². The van der Waals surface area contributed by atoms with Gasteiger partial charge in [0.1, 0.15) is 0 Å². The number of aromatic nitrogens is 1. The Hall–Kier alpha value is -0.610. The maximum atomic E-state index is 11.7. The molecule has 0 radical (unpaired) electrons. The van der Waals surface area contributed by atoms with Gasteiger partial charge in [0.2, 0.25) is 0 Å². The van der Waals surface area contributed by atoms with E-state index in [1.54, 1.807) is 16.7 Å². The van der Waals surface area contributed by atoms with Crippen molar-refractivity contribution in [3.8, 4) is 0 Å². The zero-order valence-corrected chi connectivity index (χ0v) is 9.77. The summed E-state index contributed by atoms with van der Waals surface area (Å²) in [5, 5.41) is 0. The molecule has 0 aliphatic carbocycles. The molecular formula is C10H11NOS2. The van der Waals surface area contributed by atoms with Crippen LogP contribution in [0, 0.1) is 0 Å². The van der Waals surface area contributed by atoms with E-state index in [2.05, 4.69) is 25.3 Å². The minimum atomic E-state index is -0.381. The summed E-state index contributed by atoms with van der Waals surface area (Å²) in [4.78, 5) is 13.3. The summed E-state index contributed by atoms with van der Waals surface area (Å²) in [5.74, 6) is 0. The van der Waals surface area contributed by atoms with Crippen LogP contribution in [0.3, 0.4) is 0 Å². The molecule has 0 atom stereocenters. The van der Waals surface area contributed by atoms with Gasteiger partial charge < -0.3 is 0 Å². The molecule has 4 heteroatoms. The zero-order chi connectivity index (χ0) is 10.5. The Morgan fingerprint density at radius 3 is 2.50 bits per heavy atom. The Balaban J connectivity index is 2.86. The molecule has 0 aromatic carbocycles. The Bertz CT molecular complexity index is 485. The Morgan fingerprint density at radius 1 is 1.29 bits per heavy atom. The molecule has 0 bridgehead atoms. The highest BCUT2D eigenvalue weighted by molar-refractivity contribution is 7.93. The second-order valence-corrected chi connectivity index (χ2v) is 4.74. The lowest BCUT2D eigenvalue weighted by molar-refractivity contribution is 0.445. The fraction of sp³-hybridized carbons (Fsp3) is 0.300. The Labute approximate surface area is 93.5 Å². The quantitative estimate of drug-likeness (QED) is 0.649. The van der Waals surface area contributed by atoms with Gasteiger partial charge in [0, 0.05) is 15.9 Å². The van der Waals surface area contributed by atoms with Crippen molar-refractivity contribution in [2.24, 2.45) is 0 Å². The number of fused-ring (bicyclic) bond motifs is 1. The summed E-state index contributed by atoms with van der Waals surface area (Å²) >= 11 is 8.77. The average molecular weight is 225 g/mol. The zero-order valence-electron chi connectivity index (χ0n) is 7.98. The Morgan fingerprint density at radius 2 is 1.93 bits per heavy atom. The molecule has 74 valence electrons. The van der Waals surface area contributed by atoms with Gasteiger partial charge >= 0.3 is 0 Å². The smallest absolute Gasteiger partial charge is 0.251 e. The highest BCUT2D eigenvalue weighted by atomic mass is 32.1. The SMILES string of the molecule is CC1(C)C(S)=C(S)c2cccc(=O)n21. The third-order valence-electron chi connectivity index (χ3n) is 2.56. The molecular weight excluding hydrogens is 214 g/mol. The number of hydrogen-bond donors (Lipinski definition) is 2. The summed E-state index contributed by atoms with van der Waals surface area (Å²) in [7, 11) is 0. The summed E-state index contributed by atoms with van der Waals surface area (Å²) in [6, 6.07) is 5.18. The second kappa shape index (κ2) is 2.94. The van der Waals surface area contributed by atoms with E-state index in [0.717, 1.165) is 15.5 Å². The van der Waals surface area contributed by atoms with Gasteiger partial charge in [-0.2, -0.15) is 0 Å². The average Bonchev–Trinajstić information content (AvgIpc) is 2.29. The van der Waals surface area contributed by atoms with Gasteiger partial charge in [-0.1, -0.05) is 6.07 Å². The summed E-state index contributed by atoms with van der Waals surface area (Å²) < 4.78 is 1.72. The van der Waals surface area contributed by atoms with Crippen LogP contribution < -0.4 is 5.56 Å². The van der Waals surface area contributed by atoms with Crippen LogP contribution in [0.25, 0.3) is 4.91 Å². The fourth-order valence-electron chi connectivity index (χ4n) is 1.77. The van der Waals surface area contributed by atoms with Crippen molar-refractivity contribution >= 4 is 30.2 Å². The first-order chi connectivity index (χ1) is 6.46. The molecule has 1 aliphatic rings. The number of thiol groups is 2. The molecule has 0 N–H and O–H groups in total. The molecule has 0 unspecified atom stereocenters. The molecule has 0 fully saturated rings. The molecule has 0 saturated heterocycles. The summed E-state index contributed by atoms with van der Waals surface area (Å²) in [6.45, 7) is 3.92. The van der Waals surface area contributed by atoms with E-state index < -0.39 is 0 Å². The third-order valence-corrected chi connectivity index (χ3v) is 3.96. The van der Waals surface area contributed by atoms with E-state index in [0.29, 0.717) is 0 Å². The molecule has 0 spiro atoms. The van der Waals surface area contributed by atoms with Gasteiger partial charge in [-0.15, -0.1) is 25.3 Å². The molecule has 0 amide bonds. The number of allylic oxidation sites excluding steroid dienone is 1. The van der Waals surface area contributed by atoms with E-state index in [9.17, 15) is 4.79 Å². The normalized spacial score (nSPS) is 18.6. The van der Waals surface area contributed by atoms with Crippen LogP contribution in [0.2, 0.25) is 0 Å². The number of hydrogen-bond acceptors (Lipinski definition) is 3. The van der Waals surface area contributed by atoms with Crippen LogP contribution >= 0.6 is 25.3 Å². The predicted octanol–water partition coefficient (Wildman–Crippen LogP) is 2.13. The lowest BCUT2D eigenvalue weighted by Gasteiger charge is -2.23. The summed E-state index contributed by atoms with van der Waals surface area (Å²) in [6.07, 6.45) is 0. The minimum Gasteiger partial charge on any atom is -0.298 e. The topological polar surface area (TPSA) is 22.0 Å². The number of rotatable bonds is 0. The van der Waals surface area contributed by atoms with Crippen molar-refractivity contribution in [1.29, 1.82) is 0 Å². The van der Waals surface area contributed by atoms with Crippen LogP contribution in [0.1, 0.15) is 19.5 Å². The largest absolute Gasteiger partial charge is 0.298 e. The van der Waals surface area contributed by atoms with Gasteiger partial charge in [0.05, 0.1) is 11.2 Å². The molecule has 2 rings (SSSR count). The molecule has 1 aromatic rings. The third kappa shape index (κ3) is 1.10. The second-order valence-electron chi connectivity index (χ2n) is 3.84. The van der Waals surface area contributed by atoms with E-state index in [-0.39, 0.29) is 11.1 Å². The monoisotopic (exact) mass is 225 g/mol. The highest BCUT2D eigenvalue weighted by Gasteiger charge is 2.34. The highest BCUT2D eigenvalue weighted by Crippen LogP contribution is 2.42. The van der Waals surface area contributed by atoms with Crippen LogP contribution in [0.4, 0.5) is 0 Å². The molecule has 1 aromatic heterocycles. The first-order valence-corrected chi connectivity index (χ1v) is 5.21. The lowest BCUT2D eigenvalue weighted by atomic mass is 10.1. The Kier molecular flexibility index (Phi) is 2.08. The van der Waals surface area contributed by atoms with Gasteiger partial charge in [0.15, 0.2) is 0 Å². The van der Waals surface area contributed by atoms with Crippen LogP contribution in [-0.2, 0) is 5.54 Å². The van der Waals surface area contributed by atoms with Crippen molar-refractivity contribution in [2.45, 2.75) is 19.4 Å². The van der Waals surface area contributed by atoms with Crippen molar-refractivity contribution in [3.63, 3.8) is 0 Å². The maximum absolute atomic E-state index is 11.7. The standard InChI is InChI=1S/C10H11NOS2/c1-10(2)9(14)8(13)6-4-3-5-7(12)11(6)10/h3-5,13-14H,1-2H3. The van der Waals surface area contributed by atoms with Gasteiger partial charge in [0.25, 0.3) is 5.56 Å². The van der Waals surface area contributed by atoms with Gasteiger partial charge in [-0.3, -0.25) is 9.36 Å². The van der Waals surface area contributed by atoms with Crippen molar-refractivity contribution in [3.05, 3.63) is 39.2 Å². The van der Waals surface area contributed by atoms with E-state index >= 15 is 0 Å². The predicted molar refractivity (Wildman–Crippen MR) is 64.9 cm³/mol. The van der Waals surface area contributed by atoms with Gasteiger partial charge in [-0.25, -0.2) is 0 Å². The maximum Gasteiger partial charge on any atom is 0.251 e. The molecule has 2 heterocycles. The van der Waals surface area contributed by atoms with E-state index in [4.69, 9.17) is 0 Å². The number of pyridine rings is 1. The van der Waals surface area contributed by atoms with Gasteiger partial charge in [-0.05, 0) is 19.9 Å². The first-order valence-electron chi connectivity index (χ1n) is 4.32. The summed E-state index contributed by atoms with van der Waals surface area (Å²) in [5.41, 5.74) is 0.451. The minimum absolute atomic E-state index is 0.0110. The molecule has 0 saturated carbocycles. The fourth-order valence-corrected chi connectivity index (χ4v) is 2.43.